The SMILES string of the molecule is CCOCCOc1ccccc1C(=O)Nc1ccc(OCC(C)C)cc1. The van der Waals surface area contributed by atoms with Crippen LogP contribution in [0.5, 0.6) is 11.5 Å². The molecule has 0 saturated heterocycles. The van der Waals surface area contributed by atoms with Gasteiger partial charge in [0.25, 0.3) is 5.91 Å². The van der Waals surface area contributed by atoms with Gasteiger partial charge in [0.2, 0.25) is 0 Å². The molecule has 0 aliphatic heterocycles. The Morgan fingerprint density at radius 1 is 1.00 bits per heavy atom. The summed E-state index contributed by atoms with van der Waals surface area (Å²) in [5.74, 6) is 1.58. The number of hydrogen-bond acceptors (Lipinski definition) is 4. The van der Waals surface area contributed by atoms with Crippen LogP contribution in [-0.2, 0) is 4.74 Å². The maximum atomic E-state index is 12.6. The number of nitrogens with one attached hydrogen (secondary N) is 1. The number of hydrogen-bond donors (Lipinski definition) is 1. The van der Waals surface area contributed by atoms with E-state index >= 15 is 0 Å². The first-order chi connectivity index (χ1) is 12.6. The molecule has 0 fully saturated rings. The third-order valence-corrected chi connectivity index (χ3v) is 3.52. The molecule has 5 nitrogen and oxygen atoms in total. The first kappa shape index (κ1) is 19.8. The lowest BCUT2D eigenvalue weighted by molar-refractivity contribution is 0.0998. The molecule has 0 aromatic heterocycles. The Morgan fingerprint density at radius 3 is 2.42 bits per heavy atom. The molecule has 0 aliphatic carbocycles. The van der Waals surface area contributed by atoms with E-state index in [-0.39, 0.29) is 5.91 Å². The molecule has 0 heterocycles. The number of anilines is 1. The van der Waals surface area contributed by atoms with Crippen molar-refractivity contribution in [1.82, 2.24) is 0 Å². The molecule has 0 spiro atoms. The van der Waals surface area contributed by atoms with E-state index < -0.39 is 0 Å². The quantitative estimate of drug-likeness (QED) is 0.641. The van der Waals surface area contributed by atoms with Crippen LogP contribution in [0.25, 0.3) is 0 Å². The van der Waals surface area contributed by atoms with Crippen LogP contribution in [0.2, 0.25) is 0 Å². The molecule has 0 aliphatic rings. The lowest BCUT2D eigenvalue weighted by Gasteiger charge is -2.12. The van der Waals surface area contributed by atoms with Crippen molar-refractivity contribution in [3.63, 3.8) is 0 Å². The molecular formula is C21H27NO4. The maximum absolute atomic E-state index is 12.6. The first-order valence-corrected chi connectivity index (χ1v) is 8.94. The van der Waals surface area contributed by atoms with Crippen molar-refractivity contribution < 1.29 is 19.0 Å². The van der Waals surface area contributed by atoms with Gasteiger partial charge in [-0.05, 0) is 49.2 Å². The number of rotatable bonds is 10. The largest absolute Gasteiger partial charge is 0.493 e. The average Bonchev–Trinajstić information content (AvgIpc) is 2.65. The standard InChI is InChI=1S/C21H27NO4/c1-4-24-13-14-25-20-8-6-5-7-19(20)21(23)22-17-9-11-18(12-10-17)26-15-16(2)3/h5-12,16H,4,13-15H2,1-3H3,(H,22,23). The maximum Gasteiger partial charge on any atom is 0.259 e. The second kappa shape index (κ2) is 10.5. The van der Waals surface area contributed by atoms with Crippen LogP contribution in [0.15, 0.2) is 48.5 Å². The van der Waals surface area contributed by atoms with Gasteiger partial charge < -0.3 is 19.5 Å². The molecule has 26 heavy (non-hydrogen) atoms. The molecule has 2 aromatic carbocycles. The fraction of sp³-hybridized carbons (Fsp3) is 0.381. The van der Waals surface area contributed by atoms with E-state index in [4.69, 9.17) is 14.2 Å². The predicted octanol–water partition coefficient (Wildman–Crippen LogP) is 4.39. The lowest BCUT2D eigenvalue weighted by Crippen LogP contribution is -2.15. The third-order valence-electron chi connectivity index (χ3n) is 3.52. The highest BCUT2D eigenvalue weighted by Crippen LogP contribution is 2.21. The van der Waals surface area contributed by atoms with Gasteiger partial charge in [0, 0.05) is 12.3 Å². The molecule has 5 heteroatoms. The average molecular weight is 357 g/mol. The van der Waals surface area contributed by atoms with Crippen molar-refractivity contribution in [2.75, 3.05) is 31.7 Å². The Labute approximate surface area is 155 Å². The number of carbonyl (C=O) groups excluding carboxylic acids is 1. The van der Waals surface area contributed by atoms with Crippen molar-refractivity contribution in [2.24, 2.45) is 5.92 Å². The van der Waals surface area contributed by atoms with Crippen molar-refractivity contribution in [3.05, 3.63) is 54.1 Å². The van der Waals surface area contributed by atoms with E-state index in [0.29, 0.717) is 49.3 Å². The van der Waals surface area contributed by atoms with Gasteiger partial charge in [0.05, 0.1) is 18.8 Å². The van der Waals surface area contributed by atoms with E-state index in [1.807, 2.05) is 43.3 Å². The molecule has 0 atom stereocenters. The van der Waals surface area contributed by atoms with Gasteiger partial charge in [-0.3, -0.25) is 4.79 Å². The smallest absolute Gasteiger partial charge is 0.259 e. The van der Waals surface area contributed by atoms with Gasteiger partial charge in [-0.2, -0.15) is 0 Å². The van der Waals surface area contributed by atoms with Gasteiger partial charge in [-0.1, -0.05) is 26.0 Å². The van der Waals surface area contributed by atoms with Gasteiger partial charge in [-0.15, -0.1) is 0 Å². The Hall–Kier alpha value is -2.53. The van der Waals surface area contributed by atoms with Crippen LogP contribution < -0.4 is 14.8 Å². The van der Waals surface area contributed by atoms with E-state index in [0.717, 1.165) is 5.75 Å². The van der Waals surface area contributed by atoms with Crippen LogP contribution in [0, 0.1) is 5.92 Å². The van der Waals surface area contributed by atoms with Gasteiger partial charge in [-0.25, -0.2) is 0 Å². The van der Waals surface area contributed by atoms with Crippen molar-refractivity contribution >= 4 is 11.6 Å². The zero-order chi connectivity index (χ0) is 18.8. The number of ether oxygens (including phenoxy) is 3. The Kier molecular flexibility index (Phi) is 7.96. The second-order valence-electron chi connectivity index (χ2n) is 6.22. The second-order valence-corrected chi connectivity index (χ2v) is 6.22. The summed E-state index contributed by atoms with van der Waals surface area (Å²) in [6.45, 7) is 8.33. The molecule has 140 valence electrons. The van der Waals surface area contributed by atoms with Crippen LogP contribution in [-0.4, -0.2) is 32.3 Å². The zero-order valence-electron chi connectivity index (χ0n) is 15.7. The van der Waals surface area contributed by atoms with Crippen LogP contribution in [0.3, 0.4) is 0 Å². The number of amides is 1. The first-order valence-electron chi connectivity index (χ1n) is 8.94. The topological polar surface area (TPSA) is 56.8 Å². The molecule has 0 bridgehead atoms. The summed E-state index contributed by atoms with van der Waals surface area (Å²) < 4.78 is 16.6. The summed E-state index contributed by atoms with van der Waals surface area (Å²) in [5, 5.41) is 2.89. The fourth-order valence-corrected chi connectivity index (χ4v) is 2.23. The van der Waals surface area contributed by atoms with E-state index in [2.05, 4.69) is 19.2 Å². The van der Waals surface area contributed by atoms with Crippen LogP contribution in [0.4, 0.5) is 5.69 Å². The lowest BCUT2D eigenvalue weighted by atomic mass is 10.2. The molecule has 0 radical (unpaired) electrons. The summed E-state index contributed by atoms with van der Waals surface area (Å²) in [6, 6.07) is 14.5. The molecule has 0 unspecified atom stereocenters. The summed E-state index contributed by atoms with van der Waals surface area (Å²) in [7, 11) is 0. The van der Waals surface area contributed by atoms with E-state index in [9.17, 15) is 4.79 Å². The molecule has 2 aromatic rings. The van der Waals surface area contributed by atoms with Crippen molar-refractivity contribution in [1.29, 1.82) is 0 Å². The van der Waals surface area contributed by atoms with Gasteiger partial charge >= 0.3 is 0 Å². The van der Waals surface area contributed by atoms with Crippen molar-refractivity contribution in [2.45, 2.75) is 20.8 Å². The number of para-hydroxylation sites is 1. The summed E-state index contributed by atoms with van der Waals surface area (Å²) in [6.07, 6.45) is 0. The zero-order valence-corrected chi connectivity index (χ0v) is 15.7. The van der Waals surface area contributed by atoms with Crippen LogP contribution in [0.1, 0.15) is 31.1 Å². The highest BCUT2D eigenvalue weighted by Gasteiger charge is 2.12. The fourth-order valence-electron chi connectivity index (χ4n) is 2.23. The Bertz CT molecular complexity index is 683. The third kappa shape index (κ3) is 6.41. The minimum Gasteiger partial charge on any atom is -0.493 e. The monoisotopic (exact) mass is 357 g/mol. The van der Waals surface area contributed by atoms with Crippen molar-refractivity contribution in [3.8, 4) is 11.5 Å². The highest BCUT2D eigenvalue weighted by molar-refractivity contribution is 6.06. The number of benzene rings is 2. The Morgan fingerprint density at radius 2 is 1.73 bits per heavy atom. The highest BCUT2D eigenvalue weighted by atomic mass is 16.5. The minimum atomic E-state index is -0.215. The summed E-state index contributed by atoms with van der Waals surface area (Å²) >= 11 is 0. The molecule has 0 saturated carbocycles. The molecule has 1 N–H and O–H groups in total. The molecule has 1 amide bonds. The molecule has 2 rings (SSSR count). The summed E-state index contributed by atoms with van der Waals surface area (Å²) in [4.78, 5) is 12.6. The van der Waals surface area contributed by atoms with Gasteiger partial charge in [0.15, 0.2) is 0 Å². The minimum absolute atomic E-state index is 0.215. The predicted molar refractivity (Wildman–Crippen MR) is 103 cm³/mol. The summed E-state index contributed by atoms with van der Waals surface area (Å²) in [5.41, 5.74) is 1.19. The Balaban J connectivity index is 1.96. The van der Waals surface area contributed by atoms with E-state index in [1.165, 1.54) is 0 Å². The van der Waals surface area contributed by atoms with E-state index in [1.54, 1.807) is 12.1 Å². The number of carbonyl (C=O) groups is 1. The normalized spacial score (nSPS) is 10.6. The molecular weight excluding hydrogens is 330 g/mol. The van der Waals surface area contributed by atoms with Crippen LogP contribution >= 0.6 is 0 Å². The van der Waals surface area contributed by atoms with Gasteiger partial charge in [0.1, 0.15) is 18.1 Å².